The molecule has 0 fully saturated rings. The second-order valence-corrected chi connectivity index (χ2v) is 6.56. The van der Waals surface area contributed by atoms with Gasteiger partial charge in [0.05, 0.1) is 17.3 Å². The molecular formula is C21H19NO2. The molecule has 0 aliphatic heterocycles. The molecule has 4 rings (SSSR count). The predicted molar refractivity (Wildman–Crippen MR) is 97.3 cm³/mol. The molecule has 0 aromatic heterocycles. The summed E-state index contributed by atoms with van der Waals surface area (Å²) < 4.78 is 0. The van der Waals surface area contributed by atoms with Crippen molar-refractivity contribution >= 4 is 5.69 Å². The highest BCUT2D eigenvalue weighted by atomic mass is 16.2. The minimum Gasteiger partial charge on any atom is -0.374 e. The molecule has 0 amide bonds. The molecule has 0 heterocycles. The predicted octanol–water partition coefficient (Wildman–Crippen LogP) is 3.75. The highest BCUT2D eigenvalue weighted by Gasteiger charge is 2.27. The van der Waals surface area contributed by atoms with Crippen molar-refractivity contribution in [3.05, 3.63) is 85.7 Å². The van der Waals surface area contributed by atoms with Crippen LogP contribution in [0, 0.1) is 6.92 Å². The third-order valence-electron chi connectivity index (χ3n) is 4.94. The first kappa shape index (κ1) is 14.9. The molecule has 3 heteroatoms. The van der Waals surface area contributed by atoms with Crippen LogP contribution in [0.3, 0.4) is 0 Å². The van der Waals surface area contributed by atoms with Gasteiger partial charge in [-0.3, -0.25) is 9.59 Å². The zero-order chi connectivity index (χ0) is 16.7. The van der Waals surface area contributed by atoms with Crippen molar-refractivity contribution in [1.29, 1.82) is 0 Å². The quantitative estimate of drug-likeness (QED) is 0.748. The molecule has 1 N–H and O–H groups in total. The van der Waals surface area contributed by atoms with Crippen molar-refractivity contribution in [2.75, 3.05) is 5.32 Å². The normalized spacial score (nSPS) is 16.8. The molecule has 0 bridgehead atoms. The van der Waals surface area contributed by atoms with Gasteiger partial charge in [-0.1, -0.05) is 54.1 Å². The standard InChI is InChI=1S/C21H19NO2/c1-13-9-11-15(12-10-13)18-19(21(24)20(18)23)22-17-8-4-6-14-5-2-3-7-16(14)17/h2-3,5,7,9-12,17,22H,4,6,8H2,1H3. The van der Waals surface area contributed by atoms with Crippen molar-refractivity contribution in [2.45, 2.75) is 32.2 Å². The first-order valence-electron chi connectivity index (χ1n) is 8.40. The molecule has 0 saturated heterocycles. The van der Waals surface area contributed by atoms with Crippen LogP contribution in [-0.4, -0.2) is 0 Å². The monoisotopic (exact) mass is 317 g/mol. The number of aryl methyl sites for hydroxylation is 2. The van der Waals surface area contributed by atoms with E-state index in [1.54, 1.807) is 0 Å². The van der Waals surface area contributed by atoms with Gasteiger partial charge in [-0.15, -0.1) is 0 Å². The van der Waals surface area contributed by atoms with Gasteiger partial charge in [0.25, 0.3) is 0 Å². The van der Waals surface area contributed by atoms with E-state index in [4.69, 9.17) is 0 Å². The fourth-order valence-electron chi connectivity index (χ4n) is 3.60. The largest absolute Gasteiger partial charge is 0.374 e. The number of nitrogens with one attached hydrogen (secondary N) is 1. The average Bonchev–Trinajstić information content (AvgIpc) is 2.62. The van der Waals surface area contributed by atoms with E-state index < -0.39 is 5.43 Å². The lowest BCUT2D eigenvalue weighted by molar-refractivity contribution is 0.599. The summed E-state index contributed by atoms with van der Waals surface area (Å²) in [4.78, 5) is 24.2. The number of hydrogen-bond donors (Lipinski definition) is 1. The SMILES string of the molecule is Cc1ccc(-c2c(NC3CCCc4ccccc43)c(=O)c2=O)cc1. The molecule has 1 aliphatic rings. The Hall–Kier alpha value is -2.68. The first-order valence-corrected chi connectivity index (χ1v) is 8.40. The smallest absolute Gasteiger partial charge is 0.250 e. The van der Waals surface area contributed by atoms with Gasteiger partial charge >= 0.3 is 0 Å². The van der Waals surface area contributed by atoms with Crippen molar-refractivity contribution in [1.82, 2.24) is 0 Å². The van der Waals surface area contributed by atoms with Crippen molar-refractivity contribution in [3.63, 3.8) is 0 Å². The molecule has 3 aromatic rings. The Kier molecular flexibility index (Phi) is 3.57. The van der Waals surface area contributed by atoms with E-state index in [1.807, 2.05) is 37.3 Å². The van der Waals surface area contributed by atoms with Gasteiger partial charge < -0.3 is 5.32 Å². The highest BCUT2D eigenvalue weighted by Crippen LogP contribution is 2.34. The van der Waals surface area contributed by atoms with Gasteiger partial charge in [0.15, 0.2) is 0 Å². The first-order chi connectivity index (χ1) is 11.6. The van der Waals surface area contributed by atoms with Crippen LogP contribution >= 0.6 is 0 Å². The lowest BCUT2D eigenvalue weighted by Crippen LogP contribution is -2.37. The second kappa shape index (κ2) is 5.75. The third-order valence-corrected chi connectivity index (χ3v) is 4.94. The van der Waals surface area contributed by atoms with Crippen molar-refractivity contribution in [2.24, 2.45) is 0 Å². The molecule has 0 radical (unpaired) electrons. The van der Waals surface area contributed by atoms with E-state index in [1.165, 1.54) is 11.1 Å². The molecule has 24 heavy (non-hydrogen) atoms. The summed E-state index contributed by atoms with van der Waals surface area (Å²) in [6.45, 7) is 2.00. The van der Waals surface area contributed by atoms with Crippen LogP contribution in [0.1, 0.15) is 35.6 Å². The molecule has 0 spiro atoms. The minimum atomic E-state index is -0.395. The zero-order valence-corrected chi connectivity index (χ0v) is 13.6. The van der Waals surface area contributed by atoms with Crippen LogP contribution in [-0.2, 0) is 6.42 Å². The maximum Gasteiger partial charge on any atom is 0.250 e. The molecule has 120 valence electrons. The van der Waals surface area contributed by atoms with Crippen LogP contribution in [0.15, 0.2) is 58.1 Å². The van der Waals surface area contributed by atoms with E-state index in [9.17, 15) is 9.59 Å². The fourth-order valence-corrected chi connectivity index (χ4v) is 3.60. The Morgan fingerprint density at radius 2 is 1.71 bits per heavy atom. The highest BCUT2D eigenvalue weighted by molar-refractivity contribution is 5.82. The minimum absolute atomic E-state index is 0.0995. The Morgan fingerprint density at radius 1 is 0.958 bits per heavy atom. The summed E-state index contributed by atoms with van der Waals surface area (Å²) >= 11 is 0. The van der Waals surface area contributed by atoms with E-state index in [0.717, 1.165) is 30.4 Å². The van der Waals surface area contributed by atoms with Crippen molar-refractivity contribution in [3.8, 4) is 11.1 Å². The van der Waals surface area contributed by atoms with Crippen LogP contribution in [0.5, 0.6) is 0 Å². The number of benzene rings is 2. The molecule has 1 unspecified atom stereocenters. The van der Waals surface area contributed by atoms with Gasteiger partial charge in [-0.2, -0.15) is 0 Å². The lowest BCUT2D eigenvalue weighted by atomic mass is 9.87. The molecule has 1 atom stereocenters. The number of hydrogen-bond acceptors (Lipinski definition) is 3. The fraction of sp³-hybridized carbons (Fsp3) is 0.238. The maximum absolute atomic E-state index is 12.1. The summed E-state index contributed by atoms with van der Waals surface area (Å²) in [5, 5.41) is 3.36. The Morgan fingerprint density at radius 3 is 2.50 bits per heavy atom. The van der Waals surface area contributed by atoms with Gasteiger partial charge in [0.1, 0.15) is 0 Å². The van der Waals surface area contributed by atoms with Crippen LogP contribution < -0.4 is 16.2 Å². The van der Waals surface area contributed by atoms with E-state index >= 15 is 0 Å². The average molecular weight is 317 g/mol. The van der Waals surface area contributed by atoms with Gasteiger partial charge in [-0.25, -0.2) is 0 Å². The molecular weight excluding hydrogens is 298 g/mol. The third kappa shape index (κ3) is 2.37. The molecule has 3 aromatic carbocycles. The lowest BCUT2D eigenvalue weighted by Gasteiger charge is -2.28. The van der Waals surface area contributed by atoms with Crippen molar-refractivity contribution < 1.29 is 0 Å². The summed E-state index contributed by atoms with van der Waals surface area (Å²) in [6, 6.07) is 16.2. The summed E-state index contributed by atoms with van der Waals surface area (Å²) in [5.41, 5.74) is 4.75. The van der Waals surface area contributed by atoms with E-state index in [-0.39, 0.29) is 11.5 Å². The maximum atomic E-state index is 12.1. The van der Waals surface area contributed by atoms with Gasteiger partial charge in [-0.05, 0) is 42.9 Å². The van der Waals surface area contributed by atoms with E-state index in [2.05, 4.69) is 23.5 Å². The van der Waals surface area contributed by atoms with Gasteiger partial charge in [0.2, 0.25) is 10.9 Å². The summed E-state index contributed by atoms with van der Waals surface area (Å²) in [6.07, 6.45) is 3.14. The number of fused-ring (bicyclic) bond motifs is 1. The van der Waals surface area contributed by atoms with Gasteiger partial charge in [0, 0.05) is 0 Å². The summed E-state index contributed by atoms with van der Waals surface area (Å²) in [5.74, 6) is 0. The zero-order valence-electron chi connectivity index (χ0n) is 13.6. The molecule has 0 saturated carbocycles. The second-order valence-electron chi connectivity index (χ2n) is 6.56. The summed E-state index contributed by atoms with van der Waals surface area (Å²) in [7, 11) is 0. The van der Waals surface area contributed by atoms with Crippen LogP contribution in [0.4, 0.5) is 5.69 Å². The molecule has 3 nitrogen and oxygen atoms in total. The Bertz CT molecular complexity index is 962. The number of anilines is 1. The van der Waals surface area contributed by atoms with Crippen LogP contribution in [0.2, 0.25) is 0 Å². The number of rotatable bonds is 3. The topological polar surface area (TPSA) is 46.2 Å². The Balaban J connectivity index is 1.70. The van der Waals surface area contributed by atoms with E-state index in [0.29, 0.717) is 11.3 Å². The Labute approximate surface area is 140 Å². The van der Waals surface area contributed by atoms with Crippen LogP contribution in [0.25, 0.3) is 11.1 Å². The molecule has 1 aliphatic carbocycles.